The van der Waals surface area contributed by atoms with Crippen LogP contribution in [0.4, 0.5) is 5.69 Å². The van der Waals surface area contributed by atoms with Gasteiger partial charge in [0.25, 0.3) is 5.56 Å². The number of aromatic amines is 1. The maximum atomic E-state index is 12.4. The molecule has 0 unspecified atom stereocenters. The summed E-state index contributed by atoms with van der Waals surface area (Å²) in [6.07, 6.45) is 2.35. The Hall–Kier alpha value is -3.52. The van der Waals surface area contributed by atoms with Gasteiger partial charge in [0.05, 0.1) is 11.0 Å². The minimum atomic E-state index is -0.659. The molecule has 0 atom stereocenters. The summed E-state index contributed by atoms with van der Waals surface area (Å²) in [5, 5.41) is 6.98. The molecule has 3 N–H and O–H groups in total. The van der Waals surface area contributed by atoms with Crippen LogP contribution in [0.1, 0.15) is 24.0 Å². The van der Waals surface area contributed by atoms with Crippen molar-refractivity contribution in [1.29, 1.82) is 0 Å². The Kier molecular flexibility index (Phi) is 4.99. The van der Waals surface area contributed by atoms with Gasteiger partial charge in [0, 0.05) is 31.4 Å². The van der Waals surface area contributed by atoms with Crippen molar-refractivity contribution in [1.82, 2.24) is 24.8 Å². The number of nitrogens with zero attached hydrogens (tertiary/aromatic N) is 3. The fourth-order valence-electron chi connectivity index (χ4n) is 3.79. The number of anilines is 1. The molecule has 5 rings (SSSR count). The van der Waals surface area contributed by atoms with Crippen LogP contribution >= 0.6 is 0 Å². The number of hydrogen-bond donors (Lipinski definition) is 3. The molecule has 0 amide bonds. The van der Waals surface area contributed by atoms with Crippen LogP contribution in [0.2, 0.25) is 0 Å². The van der Waals surface area contributed by atoms with E-state index in [-0.39, 0.29) is 5.69 Å². The summed E-state index contributed by atoms with van der Waals surface area (Å²) >= 11 is 0. The van der Waals surface area contributed by atoms with Crippen LogP contribution < -0.4 is 21.9 Å². The molecular weight excluding hydrogens is 392 g/mol. The zero-order valence-electron chi connectivity index (χ0n) is 17.3. The van der Waals surface area contributed by atoms with Gasteiger partial charge in [0.15, 0.2) is 11.5 Å². The van der Waals surface area contributed by atoms with Crippen molar-refractivity contribution in [3.05, 3.63) is 74.4 Å². The minimum absolute atomic E-state index is 0.178. The molecule has 31 heavy (non-hydrogen) atoms. The standard InChI is InChI=1S/C23H24N6O2/c1-14-11-18-19(12-17(14)25-16-7-8-16)29(10-9-24-13-15-5-3-2-4-6-15)21-20(26-18)22(30)28-23(31)27-21/h2-6,11-12,16,24-25H,7-10,13H2,1H3,(H,28,30,31). The van der Waals surface area contributed by atoms with Gasteiger partial charge in [-0.15, -0.1) is 0 Å². The van der Waals surface area contributed by atoms with Gasteiger partial charge in [-0.3, -0.25) is 9.78 Å². The van der Waals surface area contributed by atoms with Crippen molar-refractivity contribution in [3.63, 3.8) is 0 Å². The molecule has 1 aliphatic carbocycles. The van der Waals surface area contributed by atoms with Crippen LogP contribution in [-0.4, -0.2) is 32.1 Å². The number of nitrogens with one attached hydrogen (secondary N) is 3. The molecule has 3 aliphatic rings. The highest BCUT2D eigenvalue weighted by molar-refractivity contribution is 5.84. The lowest BCUT2D eigenvalue weighted by molar-refractivity contribution is 0.603. The topological polar surface area (TPSA) is 105 Å². The summed E-state index contributed by atoms with van der Waals surface area (Å²) in [7, 11) is 0. The highest BCUT2D eigenvalue weighted by atomic mass is 16.2. The van der Waals surface area contributed by atoms with E-state index >= 15 is 0 Å². The first-order valence-electron chi connectivity index (χ1n) is 10.5. The average molecular weight is 416 g/mol. The molecule has 2 heterocycles. The molecule has 1 saturated carbocycles. The lowest BCUT2D eigenvalue weighted by atomic mass is 10.1. The molecule has 0 aromatic heterocycles. The minimum Gasteiger partial charge on any atom is -0.382 e. The Labute approximate surface area is 178 Å². The van der Waals surface area contributed by atoms with Crippen LogP contribution in [-0.2, 0) is 13.1 Å². The number of fused-ring (bicyclic) bond motifs is 2. The number of aryl methyl sites for hydroxylation is 1. The molecule has 0 bridgehead atoms. The highest BCUT2D eigenvalue weighted by Gasteiger charge is 2.23. The third kappa shape index (κ3) is 4.06. The van der Waals surface area contributed by atoms with Gasteiger partial charge in [0.1, 0.15) is 0 Å². The Bertz CT molecular complexity index is 1320. The second kappa shape index (κ2) is 7.96. The molecule has 0 radical (unpaired) electrons. The van der Waals surface area contributed by atoms with Gasteiger partial charge >= 0.3 is 5.69 Å². The maximum absolute atomic E-state index is 12.4. The first-order chi connectivity index (χ1) is 15.1. The molecule has 1 fully saturated rings. The van der Waals surface area contributed by atoms with Crippen LogP contribution in [0.5, 0.6) is 0 Å². The van der Waals surface area contributed by atoms with Crippen LogP contribution in [0.3, 0.4) is 0 Å². The third-order valence-electron chi connectivity index (χ3n) is 5.58. The molecule has 2 aromatic carbocycles. The van der Waals surface area contributed by atoms with Crippen molar-refractivity contribution in [3.8, 4) is 11.5 Å². The van der Waals surface area contributed by atoms with Gasteiger partial charge in [-0.1, -0.05) is 30.3 Å². The lowest BCUT2D eigenvalue weighted by Crippen LogP contribution is -2.30. The zero-order chi connectivity index (χ0) is 21.4. The van der Waals surface area contributed by atoms with E-state index in [1.54, 1.807) is 0 Å². The largest absolute Gasteiger partial charge is 0.382 e. The molecule has 0 saturated heterocycles. The van der Waals surface area contributed by atoms with Crippen molar-refractivity contribution in [2.75, 3.05) is 11.9 Å². The molecule has 158 valence electrons. The maximum Gasteiger partial charge on any atom is 0.349 e. The number of benzene rings is 2. The predicted octanol–water partition coefficient (Wildman–Crippen LogP) is 2.26. The Morgan fingerprint density at radius 1 is 1.13 bits per heavy atom. The van der Waals surface area contributed by atoms with E-state index in [0.29, 0.717) is 30.5 Å². The number of hydrogen-bond acceptors (Lipinski definition) is 6. The second-order valence-electron chi connectivity index (χ2n) is 8.04. The van der Waals surface area contributed by atoms with E-state index in [1.165, 1.54) is 18.4 Å². The molecule has 2 aromatic rings. The van der Waals surface area contributed by atoms with Crippen LogP contribution in [0.15, 0.2) is 52.1 Å². The monoisotopic (exact) mass is 416 g/mol. The van der Waals surface area contributed by atoms with Crippen molar-refractivity contribution in [2.45, 2.75) is 38.9 Å². The second-order valence-corrected chi connectivity index (χ2v) is 8.04. The third-order valence-corrected chi connectivity index (χ3v) is 5.58. The Morgan fingerprint density at radius 2 is 1.94 bits per heavy atom. The van der Waals surface area contributed by atoms with E-state index in [9.17, 15) is 9.59 Å². The van der Waals surface area contributed by atoms with Gasteiger partial charge in [0.2, 0.25) is 0 Å². The first kappa shape index (κ1) is 19.4. The first-order valence-corrected chi connectivity index (χ1v) is 10.5. The zero-order valence-corrected chi connectivity index (χ0v) is 17.3. The van der Waals surface area contributed by atoms with Crippen LogP contribution in [0.25, 0.3) is 22.6 Å². The van der Waals surface area contributed by atoms with E-state index in [0.717, 1.165) is 23.3 Å². The summed E-state index contributed by atoms with van der Waals surface area (Å²) in [5.74, 6) is 0.309. The lowest BCUT2D eigenvalue weighted by Gasteiger charge is -2.19. The van der Waals surface area contributed by atoms with Crippen molar-refractivity contribution >= 4 is 16.7 Å². The summed E-state index contributed by atoms with van der Waals surface area (Å²) in [4.78, 5) is 35.2. The molecular formula is C23H24N6O2. The van der Waals surface area contributed by atoms with Crippen LogP contribution in [0, 0.1) is 6.92 Å². The highest BCUT2D eigenvalue weighted by Crippen LogP contribution is 2.30. The number of H-pyrrole nitrogens is 1. The molecule has 8 heteroatoms. The summed E-state index contributed by atoms with van der Waals surface area (Å²) in [6.45, 7) is 3.96. The van der Waals surface area contributed by atoms with Gasteiger partial charge in [-0.2, -0.15) is 4.98 Å². The number of rotatable bonds is 7. The Morgan fingerprint density at radius 3 is 2.71 bits per heavy atom. The van der Waals surface area contributed by atoms with Gasteiger partial charge in [-0.05, 0) is 43.0 Å². The number of aromatic nitrogens is 4. The molecule has 2 aliphatic heterocycles. The normalized spacial score (nSPS) is 13.7. The predicted molar refractivity (Wildman–Crippen MR) is 121 cm³/mol. The summed E-state index contributed by atoms with van der Waals surface area (Å²) < 4.78 is 1.92. The average Bonchev–Trinajstić information content (AvgIpc) is 3.57. The molecule has 8 nitrogen and oxygen atoms in total. The molecule has 0 spiro atoms. The van der Waals surface area contributed by atoms with Crippen molar-refractivity contribution < 1.29 is 0 Å². The fraction of sp³-hybridized carbons (Fsp3) is 0.304. The Balaban J connectivity index is 1.54. The fourth-order valence-corrected chi connectivity index (χ4v) is 3.79. The quantitative estimate of drug-likeness (QED) is 0.315. The smallest absolute Gasteiger partial charge is 0.349 e. The summed E-state index contributed by atoms with van der Waals surface area (Å²) in [6, 6.07) is 14.7. The SMILES string of the molecule is Cc1cc2nc3c(=O)[nH]c(=O)nc-3n(CCNCc3ccccc3)c2cc1NC1CC1. The van der Waals surface area contributed by atoms with E-state index in [4.69, 9.17) is 0 Å². The summed E-state index contributed by atoms with van der Waals surface area (Å²) in [5.41, 5.74) is 3.88. The van der Waals surface area contributed by atoms with Gasteiger partial charge < -0.3 is 15.2 Å². The van der Waals surface area contributed by atoms with Gasteiger partial charge in [-0.25, -0.2) is 9.78 Å². The van der Waals surface area contributed by atoms with E-state index in [2.05, 4.69) is 43.8 Å². The van der Waals surface area contributed by atoms with E-state index < -0.39 is 11.2 Å². The van der Waals surface area contributed by atoms with E-state index in [1.807, 2.05) is 35.8 Å². The van der Waals surface area contributed by atoms with Crippen molar-refractivity contribution in [2.24, 2.45) is 0 Å².